The fraction of sp³-hybridized carbons (Fsp3) is 0.423. The van der Waals surface area contributed by atoms with Gasteiger partial charge in [-0.2, -0.15) is 0 Å². The summed E-state index contributed by atoms with van der Waals surface area (Å²) in [6.45, 7) is 6.02. The summed E-state index contributed by atoms with van der Waals surface area (Å²) in [6, 6.07) is 14.5. The molecule has 0 aliphatic carbocycles. The molecule has 3 aromatic rings. The number of hydrogen-bond acceptors (Lipinski definition) is 1. The van der Waals surface area contributed by atoms with Gasteiger partial charge in [0.15, 0.2) is 0 Å². The maximum Gasteiger partial charge on any atom is 0.227 e. The molecule has 0 aliphatic heterocycles. The molecule has 3 rings (SSSR count). The number of nitrogens with one attached hydrogen (secondary N) is 1. The van der Waals surface area contributed by atoms with Crippen LogP contribution in [0.25, 0.3) is 22.2 Å². The number of halogens is 1. The molecule has 4 heteroatoms. The van der Waals surface area contributed by atoms with Crippen LogP contribution in [0, 0.1) is 5.82 Å². The second kappa shape index (κ2) is 11.0. The fourth-order valence-corrected chi connectivity index (χ4v) is 3.98. The Labute approximate surface area is 179 Å². The van der Waals surface area contributed by atoms with E-state index >= 15 is 0 Å². The molecule has 0 unspecified atom stereocenters. The van der Waals surface area contributed by atoms with Gasteiger partial charge in [0.1, 0.15) is 5.82 Å². The predicted molar refractivity (Wildman–Crippen MR) is 123 cm³/mol. The molecule has 3 nitrogen and oxygen atoms in total. The van der Waals surface area contributed by atoms with Crippen LogP contribution in [0.5, 0.6) is 0 Å². The molecule has 0 fully saturated rings. The molecule has 1 N–H and O–H groups in total. The summed E-state index contributed by atoms with van der Waals surface area (Å²) in [4.78, 5) is 18.8. The van der Waals surface area contributed by atoms with E-state index in [1.54, 1.807) is 12.1 Å². The molecule has 0 radical (unpaired) electrons. The first-order valence-corrected chi connectivity index (χ1v) is 11.3. The Morgan fingerprint density at radius 1 is 0.900 bits per heavy atom. The average Bonchev–Trinajstić information content (AvgIpc) is 3.12. The van der Waals surface area contributed by atoms with E-state index < -0.39 is 0 Å². The number of hydrogen-bond donors (Lipinski definition) is 1. The fourth-order valence-electron chi connectivity index (χ4n) is 3.98. The van der Waals surface area contributed by atoms with Crippen molar-refractivity contribution >= 4 is 16.8 Å². The third kappa shape index (κ3) is 5.50. The number of amides is 1. The minimum Gasteiger partial charge on any atom is -0.354 e. The van der Waals surface area contributed by atoms with Crippen LogP contribution in [0.1, 0.15) is 57.9 Å². The summed E-state index contributed by atoms with van der Waals surface area (Å²) in [5.74, 6) is -0.0826. The first-order valence-electron chi connectivity index (χ1n) is 11.3. The molecule has 1 amide bonds. The number of unbranched alkanes of at least 4 members (excludes halogenated alkanes) is 4. The van der Waals surface area contributed by atoms with Gasteiger partial charge in [-0.15, -0.1) is 0 Å². The van der Waals surface area contributed by atoms with Crippen LogP contribution in [0.3, 0.4) is 0 Å². The number of fused-ring (bicyclic) bond motifs is 1. The van der Waals surface area contributed by atoms with Crippen molar-refractivity contribution in [3.8, 4) is 11.3 Å². The lowest BCUT2D eigenvalue weighted by Gasteiger charge is -2.23. The molecule has 1 heterocycles. The third-order valence-electron chi connectivity index (χ3n) is 5.69. The van der Waals surface area contributed by atoms with E-state index in [4.69, 9.17) is 0 Å². The summed E-state index contributed by atoms with van der Waals surface area (Å²) in [5.41, 5.74) is 3.81. The second-order valence-electron chi connectivity index (χ2n) is 8.00. The Morgan fingerprint density at radius 3 is 2.17 bits per heavy atom. The monoisotopic (exact) mass is 408 g/mol. The lowest BCUT2D eigenvalue weighted by molar-refractivity contribution is -0.130. The topological polar surface area (TPSA) is 36.1 Å². The average molecular weight is 409 g/mol. The highest BCUT2D eigenvalue weighted by atomic mass is 19.1. The van der Waals surface area contributed by atoms with Crippen molar-refractivity contribution in [2.75, 3.05) is 13.1 Å². The standard InChI is InChI=1S/C26H33FN2O/c1-3-5-9-17-29(18-10-6-4-2)25(30)19-23-22-11-7-8-12-24(22)28-26(23)20-13-15-21(27)16-14-20/h7-8,11-16,28H,3-6,9-10,17-19H2,1-2H3. The van der Waals surface area contributed by atoms with Crippen LogP contribution in [0.4, 0.5) is 4.39 Å². The molecular formula is C26H33FN2O. The summed E-state index contributed by atoms with van der Waals surface area (Å²) >= 11 is 0. The summed E-state index contributed by atoms with van der Waals surface area (Å²) in [5, 5.41) is 1.06. The molecule has 160 valence electrons. The van der Waals surface area contributed by atoms with E-state index in [2.05, 4.69) is 24.9 Å². The Hall–Kier alpha value is -2.62. The van der Waals surface area contributed by atoms with Crippen LogP contribution in [-0.4, -0.2) is 28.9 Å². The Kier molecular flexibility index (Phi) is 8.06. The smallest absolute Gasteiger partial charge is 0.227 e. The highest BCUT2D eigenvalue weighted by molar-refractivity contribution is 5.95. The van der Waals surface area contributed by atoms with Crippen LogP contribution in [0.2, 0.25) is 0 Å². The zero-order valence-corrected chi connectivity index (χ0v) is 18.2. The van der Waals surface area contributed by atoms with Crippen LogP contribution >= 0.6 is 0 Å². The second-order valence-corrected chi connectivity index (χ2v) is 8.00. The molecule has 0 saturated carbocycles. The van der Waals surface area contributed by atoms with E-state index in [1.165, 1.54) is 12.1 Å². The molecule has 0 aliphatic rings. The van der Waals surface area contributed by atoms with Crippen molar-refractivity contribution in [2.24, 2.45) is 0 Å². The number of H-pyrrole nitrogens is 1. The van der Waals surface area contributed by atoms with Crippen LogP contribution in [-0.2, 0) is 11.2 Å². The highest BCUT2D eigenvalue weighted by Gasteiger charge is 2.20. The molecule has 0 saturated heterocycles. The van der Waals surface area contributed by atoms with Crippen molar-refractivity contribution in [3.63, 3.8) is 0 Å². The molecule has 1 aromatic heterocycles. The van der Waals surface area contributed by atoms with E-state index in [1.807, 2.05) is 23.1 Å². The van der Waals surface area contributed by atoms with Gasteiger partial charge in [-0.3, -0.25) is 4.79 Å². The number of carbonyl (C=O) groups is 1. The van der Waals surface area contributed by atoms with Gasteiger partial charge in [0.25, 0.3) is 0 Å². The third-order valence-corrected chi connectivity index (χ3v) is 5.69. The van der Waals surface area contributed by atoms with Gasteiger partial charge in [0.2, 0.25) is 5.91 Å². The Balaban J connectivity index is 1.88. The van der Waals surface area contributed by atoms with Gasteiger partial charge in [0, 0.05) is 24.0 Å². The molecule has 0 spiro atoms. The zero-order chi connectivity index (χ0) is 21.3. The van der Waals surface area contributed by atoms with Gasteiger partial charge in [0.05, 0.1) is 12.1 Å². The van der Waals surface area contributed by atoms with E-state index in [0.29, 0.717) is 6.42 Å². The minimum absolute atomic E-state index is 0.176. The number of aromatic amines is 1. The number of aromatic nitrogens is 1. The lowest BCUT2D eigenvalue weighted by Crippen LogP contribution is -2.34. The van der Waals surface area contributed by atoms with Crippen LogP contribution in [0.15, 0.2) is 48.5 Å². The van der Waals surface area contributed by atoms with Crippen molar-refractivity contribution < 1.29 is 9.18 Å². The maximum atomic E-state index is 13.4. The maximum absolute atomic E-state index is 13.4. The van der Waals surface area contributed by atoms with Crippen molar-refractivity contribution in [1.29, 1.82) is 0 Å². The SMILES string of the molecule is CCCCCN(CCCCC)C(=O)Cc1c(-c2ccc(F)cc2)[nH]c2ccccc12. The first-order chi connectivity index (χ1) is 14.6. The Bertz CT molecular complexity index is 935. The number of carbonyl (C=O) groups excluding carboxylic acids is 1. The van der Waals surface area contributed by atoms with Gasteiger partial charge < -0.3 is 9.88 Å². The number of benzene rings is 2. The van der Waals surface area contributed by atoms with Gasteiger partial charge in [-0.05, 0) is 54.3 Å². The van der Waals surface area contributed by atoms with E-state index in [-0.39, 0.29) is 11.7 Å². The normalized spacial score (nSPS) is 11.2. The summed E-state index contributed by atoms with van der Waals surface area (Å²) < 4.78 is 13.4. The summed E-state index contributed by atoms with van der Waals surface area (Å²) in [7, 11) is 0. The predicted octanol–water partition coefficient (Wildman–Crippen LogP) is 6.73. The molecule has 30 heavy (non-hydrogen) atoms. The number of nitrogens with zero attached hydrogens (tertiary/aromatic N) is 1. The van der Waals surface area contributed by atoms with E-state index in [9.17, 15) is 9.18 Å². The van der Waals surface area contributed by atoms with Gasteiger partial charge in [-0.1, -0.05) is 57.7 Å². The van der Waals surface area contributed by atoms with Gasteiger partial charge in [-0.25, -0.2) is 4.39 Å². The summed E-state index contributed by atoms with van der Waals surface area (Å²) in [6.07, 6.45) is 7.04. The van der Waals surface area contributed by atoms with Crippen molar-refractivity contribution in [3.05, 3.63) is 59.9 Å². The molecule has 0 atom stereocenters. The van der Waals surface area contributed by atoms with Crippen molar-refractivity contribution in [2.45, 2.75) is 58.8 Å². The number of rotatable bonds is 11. The number of para-hydroxylation sites is 1. The minimum atomic E-state index is -0.259. The van der Waals surface area contributed by atoms with Gasteiger partial charge >= 0.3 is 0 Å². The molecule has 0 bridgehead atoms. The van der Waals surface area contributed by atoms with E-state index in [0.717, 1.165) is 79.3 Å². The lowest BCUT2D eigenvalue weighted by atomic mass is 10.0. The highest BCUT2D eigenvalue weighted by Crippen LogP contribution is 2.31. The Morgan fingerprint density at radius 2 is 1.53 bits per heavy atom. The largest absolute Gasteiger partial charge is 0.354 e. The quantitative estimate of drug-likeness (QED) is 0.351. The zero-order valence-electron chi connectivity index (χ0n) is 18.2. The molecule has 2 aromatic carbocycles. The van der Waals surface area contributed by atoms with Crippen LogP contribution < -0.4 is 0 Å². The van der Waals surface area contributed by atoms with Crippen molar-refractivity contribution in [1.82, 2.24) is 9.88 Å². The first kappa shape index (κ1) is 22.1. The molecular weight excluding hydrogens is 375 g/mol.